The molecule has 0 fully saturated rings. The molecule has 0 saturated heterocycles. The topological polar surface area (TPSA) is 12.4 Å². The third-order valence-electron chi connectivity index (χ3n) is 3.04. The van der Waals surface area contributed by atoms with Crippen LogP contribution in [0.25, 0.3) is 0 Å². The summed E-state index contributed by atoms with van der Waals surface area (Å²) in [7, 11) is 0. The molecule has 1 rings (SSSR count). The molecule has 0 spiro atoms. The second-order valence-electron chi connectivity index (χ2n) is 6.19. The molecule has 1 aromatic carbocycles. The van der Waals surface area contributed by atoms with E-state index < -0.39 is 0 Å². The van der Waals surface area contributed by atoms with Crippen LogP contribution in [0.2, 0.25) is 10.0 Å². The smallest absolute Gasteiger partial charge is 0.100 e. The SMILES string of the molecule is CCC(=Nc1c(Cl)cccc1Cl)C(C)CC(C)(C)C. The number of aliphatic imine (C=N–C) groups is 1. The zero-order valence-electron chi connectivity index (χ0n) is 12.4. The first-order valence-corrected chi connectivity index (χ1v) is 7.51. The fourth-order valence-electron chi connectivity index (χ4n) is 2.31. The number of rotatable bonds is 4. The van der Waals surface area contributed by atoms with Gasteiger partial charge in [0.1, 0.15) is 5.69 Å². The van der Waals surface area contributed by atoms with Gasteiger partial charge in [0.25, 0.3) is 0 Å². The molecule has 106 valence electrons. The number of nitrogens with zero attached hydrogens (tertiary/aromatic N) is 1. The van der Waals surface area contributed by atoms with E-state index in [2.05, 4.69) is 34.6 Å². The van der Waals surface area contributed by atoms with Crippen molar-refractivity contribution in [2.24, 2.45) is 16.3 Å². The van der Waals surface area contributed by atoms with Gasteiger partial charge in [-0.2, -0.15) is 0 Å². The molecule has 0 N–H and O–H groups in total. The lowest BCUT2D eigenvalue weighted by Crippen LogP contribution is -2.18. The van der Waals surface area contributed by atoms with Crippen molar-refractivity contribution >= 4 is 34.6 Å². The van der Waals surface area contributed by atoms with E-state index in [-0.39, 0.29) is 0 Å². The number of benzene rings is 1. The van der Waals surface area contributed by atoms with Crippen LogP contribution >= 0.6 is 23.2 Å². The van der Waals surface area contributed by atoms with E-state index >= 15 is 0 Å². The van der Waals surface area contributed by atoms with Crippen LogP contribution in [0, 0.1) is 11.3 Å². The van der Waals surface area contributed by atoms with Gasteiger partial charge in [-0.3, -0.25) is 4.99 Å². The fourth-order valence-corrected chi connectivity index (χ4v) is 2.80. The molecule has 19 heavy (non-hydrogen) atoms. The maximum Gasteiger partial charge on any atom is 0.100 e. The minimum Gasteiger partial charge on any atom is -0.254 e. The van der Waals surface area contributed by atoms with Gasteiger partial charge in [0.15, 0.2) is 0 Å². The number of hydrogen-bond acceptors (Lipinski definition) is 1. The lowest BCUT2D eigenvalue weighted by molar-refractivity contribution is 0.344. The molecule has 0 aliphatic carbocycles. The Labute approximate surface area is 127 Å². The first-order valence-electron chi connectivity index (χ1n) is 6.76. The molecule has 1 aromatic rings. The molecule has 1 atom stereocenters. The van der Waals surface area contributed by atoms with E-state index in [0.717, 1.165) is 18.6 Å². The molecule has 0 bridgehead atoms. The summed E-state index contributed by atoms with van der Waals surface area (Å²) < 4.78 is 0. The third kappa shape index (κ3) is 5.16. The summed E-state index contributed by atoms with van der Waals surface area (Å²) in [5, 5.41) is 1.22. The zero-order chi connectivity index (χ0) is 14.6. The minimum atomic E-state index is 0.291. The lowest BCUT2D eigenvalue weighted by atomic mass is 9.83. The number of halogens is 2. The Balaban J connectivity index is 3.05. The van der Waals surface area contributed by atoms with Crippen LogP contribution in [0.5, 0.6) is 0 Å². The van der Waals surface area contributed by atoms with Gasteiger partial charge >= 0.3 is 0 Å². The molecule has 1 unspecified atom stereocenters. The summed E-state index contributed by atoms with van der Waals surface area (Å²) in [6, 6.07) is 5.50. The monoisotopic (exact) mass is 299 g/mol. The van der Waals surface area contributed by atoms with Crippen molar-refractivity contribution in [3.63, 3.8) is 0 Å². The van der Waals surface area contributed by atoms with Crippen LogP contribution in [0.3, 0.4) is 0 Å². The van der Waals surface area contributed by atoms with Gasteiger partial charge in [-0.25, -0.2) is 0 Å². The van der Waals surface area contributed by atoms with Gasteiger partial charge in [-0.1, -0.05) is 63.9 Å². The van der Waals surface area contributed by atoms with E-state index in [1.54, 1.807) is 0 Å². The quantitative estimate of drug-likeness (QED) is 0.559. The Morgan fingerprint density at radius 2 is 1.74 bits per heavy atom. The second-order valence-corrected chi connectivity index (χ2v) is 7.01. The number of hydrogen-bond donors (Lipinski definition) is 0. The Bertz CT molecular complexity index is 438. The maximum atomic E-state index is 6.18. The molecule has 0 amide bonds. The van der Waals surface area contributed by atoms with Crippen molar-refractivity contribution in [1.29, 1.82) is 0 Å². The van der Waals surface area contributed by atoms with Crippen LogP contribution < -0.4 is 0 Å². The van der Waals surface area contributed by atoms with E-state index in [4.69, 9.17) is 28.2 Å². The molecule has 0 aliphatic heterocycles. The van der Waals surface area contributed by atoms with Crippen molar-refractivity contribution in [3.8, 4) is 0 Å². The summed E-state index contributed by atoms with van der Waals surface area (Å²) in [5.74, 6) is 0.428. The van der Waals surface area contributed by atoms with Crippen molar-refractivity contribution in [2.75, 3.05) is 0 Å². The first kappa shape index (κ1) is 16.5. The van der Waals surface area contributed by atoms with Gasteiger partial charge in [0, 0.05) is 5.71 Å². The van der Waals surface area contributed by atoms with Crippen LogP contribution in [-0.4, -0.2) is 5.71 Å². The molecule has 0 aromatic heterocycles. The van der Waals surface area contributed by atoms with E-state index in [0.29, 0.717) is 27.1 Å². The Morgan fingerprint density at radius 3 is 2.16 bits per heavy atom. The predicted molar refractivity (Wildman–Crippen MR) is 87.1 cm³/mol. The van der Waals surface area contributed by atoms with Crippen molar-refractivity contribution in [2.45, 2.75) is 47.5 Å². The molecular formula is C16H23Cl2N. The van der Waals surface area contributed by atoms with Crippen molar-refractivity contribution in [3.05, 3.63) is 28.2 Å². The molecule has 3 heteroatoms. The van der Waals surface area contributed by atoms with E-state index in [9.17, 15) is 0 Å². The zero-order valence-corrected chi connectivity index (χ0v) is 13.9. The van der Waals surface area contributed by atoms with Gasteiger partial charge in [-0.05, 0) is 36.3 Å². The second kappa shape index (κ2) is 6.76. The summed E-state index contributed by atoms with van der Waals surface area (Å²) in [6.07, 6.45) is 2.01. The van der Waals surface area contributed by atoms with Crippen LogP contribution in [0.1, 0.15) is 47.5 Å². The summed E-state index contributed by atoms with van der Waals surface area (Å²) >= 11 is 12.4. The van der Waals surface area contributed by atoms with E-state index in [1.165, 1.54) is 0 Å². The van der Waals surface area contributed by atoms with Crippen LogP contribution in [0.4, 0.5) is 5.69 Å². The number of para-hydroxylation sites is 1. The summed E-state index contributed by atoms with van der Waals surface area (Å²) in [4.78, 5) is 4.71. The molecule has 0 radical (unpaired) electrons. The van der Waals surface area contributed by atoms with Gasteiger partial charge < -0.3 is 0 Å². The normalized spacial score (nSPS) is 14.6. The molecule has 0 aliphatic rings. The summed E-state index contributed by atoms with van der Waals surface area (Å²) in [5.41, 5.74) is 2.15. The van der Waals surface area contributed by atoms with E-state index in [1.807, 2.05) is 18.2 Å². The molecular weight excluding hydrogens is 277 g/mol. The van der Waals surface area contributed by atoms with Gasteiger partial charge in [0.05, 0.1) is 10.0 Å². The highest BCUT2D eigenvalue weighted by Gasteiger charge is 2.19. The fraction of sp³-hybridized carbons (Fsp3) is 0.562. The highest BCUT2D eigenvalue weighted by molar-refractivity contribution is 6.38. The maximum absolute atomic E-state index is 6.18. The Hall–Kier alpha value is -0.530. The minimum absolute atomic E-state index is 0.291. The summed E-state index contributed by atoms with van der Waals surface area (Å²) in [6.45, 7) is 11.1. The van der Waals surface area contributed by atoms with Crippen LogP contribution in [-0.2, 0) is 0 Å². The highest BCUT2D eigenvalue weighted by atomic mass is 35.5. The van der Waals surface area contributed by atoms with Crippen LogP contribution in [0.15, 0.2) is 23.2 Å². The predicted octanol–water partition coefficient (Wildman–Crippen LogP) is 6.55. The molecule has 1 nitrogen and oxygen atoms in total. The Morgan fingerprint density at radius 1 is 1.21 bits per heavy atom. The molecule has 0 saturated carbocycles. The Kier molecular flexibility index (Phi) is 5.88. The molecule has 0 heterocycles. The standard InChI is InChI=1S/C16H23Cl2N/c1-6-14(11(2)10-16(3,4)5)19-15-12(17)8-7-9-13(15)18/h7-9,11H,6,10H2,1-5H3. The average molecular weight is 300 g/mol. The largest absolute Gasteiger partial charge is 0.254 e. The van der Waals surface area contributed by atoms with Crippen molar-refractivity contribution < 1.29 is 0 Å². The third-order valence-corrected chi connectivity index (χ3v) is 3.65. The van der Waals surface area contributed by atoms with Gasteiger partial charge in [0.2, 0.25) is 0 Å². The first-order chi connectivity index (χ1) is 8.74. The van der Waals surface area contributed by atoms with Gasteiger partial charge in [-0.15, -0.1) is 0 Å². The van der Waals surface area contributed by atoms with Crippen molar-refractivity contribution in [1.82, 2.24) is 0 Å². The average Bonchev–Trinajstić information content (AvgIpc) is 2.26. The highest BCUT2D eigenvalue weighted by Crippen LogP contribution is 2.34. The lowest BCUT2D eigenvalue weighted by Gasteiger charge is -2.24.